The summed E-state index contributed by atoms with van der Waals surface area (Å²) >= 11 is 0. The third-order valence-electron chi connectivity index (χ3n) is 3.71. The summed E-state index contributed by atoms with van der Waals surface area (Å²) in [5.74, 6) is 0.110. The van der Waals surface area contributed by atoms with E-state index in [1.165, 1.54) is 11.1 Å². The van der Waals surface area contributed by atoms with E-state index in [9.17, 15) is 9.90 Å². The summed E-state index contributed by atoms with van der Waals surface area (Å²) in [7, 11) is 0. The van der Waals surface area contributed by atoms with Crippen LogP contribution in [0.15, 0.2) is 24.3 Å². The summed E-state index contributed by atoms with van der Waals surface area (Å²) < 4.78 is 0. The molecule has 2 N–H and O–H groups in total. The second-order valence-electron chi connectivity index (χ2n) is 5.47. The molecule has 1 atom stereocenters. The lowest BCUT2D eigenvalue weighted by Crippen LogP contribution is -2.25. The largest absolute Gasteiger partial charge is 0.392 e. The lowest BCUT2D eigenvalue weighted by atomic mass is 10.1. The molecule has 1 heterocycles. The summed E-state index contributed by atoms with van der Waals surface area (Å²) in [5.41, 5.74) is 2.40. The predicted octanol–water partition coefficient (Wildman–Crippen LogP) is 1.67. The Balaban J connectivity index is 1.93. The fourth-order valence-electron chi connectivity index (χ4n) is 2.59. The molecule has 4 nitrogen and oxygen atoms in total. The van der Waals surface area contributed by atoms with Crippen molar-refractivity contribution in [1.29, 1.82) is 0 Å². The average molecular weight is 276 g/mol. The Kier molecular flexibility index (Phi) is 5.56. The molecule has 20 heavy (non-hydrogen) atoms. The number of aliphatic hydroxyl groups excluding tert-OH is 1. The molecule has 0 radical (unpaired) electrons. The van der Waals surface area contributed by atoms with Gasteiger partial charge in [0.25, 0.3) is 0 Å². The Labute approximate surface area is 120 Å². The van der Waals surface area contributed by atoms with Gasteiger partial charge in [0.1, 0.15) is 0 Å². The van der Waals surface area contributed by atoms with Crippen molar-refractivity contribution < 1.29 is 9.90 Å². The third kappa shape index (κ3) is 4.32. The van der Waals surface area contributed by atoms with Crippen molar-refractivity contribution in [2.75, 3.05) is 13.1 Å². The van der Waals surface area contributed by atoms with Crippen LogP contribution in [-0.2, 0) is 17.9 Å². The highest BCUT2D eigenvalue weighted by Crippen LogP contribution is 2.16. The minimum atomic E-state index is -0.189. The number of carbonyl (C=O) groups excluding carboxylic acids is 1. The molecule has 1 amide bonds. The summed E-state index contributed by atoms with van der Waals surface area (Å²) in [4.78, 5) is 13.8. The number of benzene rings is 1. The molecule has 0 bridgehead atoms. The van der Waals surface area contributed by atoms with Crippen molar-refractivity contribution in [1.82, 2.24) is 10.2 Å². The first-order valence-electron chi connectivity index (χ1n) is 7.43. The first-order valence-corrected chi connectivity index (χ1v) is 7.43. The molecule has 1 fully saturated rings. The van der Waals surface area contributed by atoms with Gasteiger partial charge in [0, 0.05) is 32.6 Å². The highest BCUT2D eigenvalue weighted by molar-refractivity contribution is 5.75. The number of hydrogen-bond donors (Lipinski definition) is 2. The van der Waals surface area contributed by atoms with E-state index in [2.05, 4.69) is 22.3 Å². The SMILES string of the molecule is CCCC(=O)NCc1ccccc1CN1CC[C@@H](O)C1. The molecule has 110 valence electrons. The topological polar surface area (TPSA) is 52.6 Å². The highest BCUT2D eigenvalue weighted by atomic mass is 16.3. The summed E-state index contributed by atoms with van der Waals surface area (Å²) in [5, 5.41) is 12.6. The van der Waals surface area contributed by atoms with Crippen LogP contribution in [0.5, 0.6) is 0 Å². The van der Waals surface area contributed by atoms with E-state index >= 15 is 0 Å². The minimum absolute atomic E-state index is 0.110. The molecular formula is C16H24N2O2. The van der Waals surface area contributed by atoms with Crippen LogP contribution >= 0.6 is 0 Å². The number of β-amino-alcohol motifs (C(OH)–C–C–N with tert-alkyl or cyclic N) is 1. The van der Waals surface area contributed by atoms with Crippen molar-refractivity contribution in [3.8, 4) is 0 Å². The Morgan fingerprint density at radius 3 is 2.80 bits per heavy atom. The molecule has 0 unspecified atom stereocenters. The fourth-order valence-corrected chi connectivity index (χ4v) is 2.59. The second kappa shape index (κ2) is 7.41. The van der Waals surface area contributed by atoms with Gasteiger partial charge in [0.2, 0.25) is 5.91 Å². The van der Waals surface area contributed by atoms with Gasteiger partial charge >= 0.3 is 0 Å². The van der Waals surface area contributed by atoms with Crippen molar-refractivity contribution >= 4 is 5.91 Å². The Morgan fingerprint density at radius 2 is 2.15 bits per heavy atom. The van der Waals surface area contributed by atoms with E-state index in [4.69, 9.17) is 0 Å². The minimum Gasteiger partial charge on any atom is -0.392 e. The van der Waals surface area contributed by atoms with E-state index in [1.54, 1.807) is 0 Å². The van der Waals surface area contributed by atoms with Crippen LogP contribution in [0.4, 0.5) is 0 Å². The van der Waals surface area contributed by atoms with Crippen LogP contribution in [0.25, 0.3) is 0 Å². The second-order valence-corrected chi connectivity index (χ2v) is 5.47. The van der Waals surface area contributed by atoms with Crippen LogP contribution in [0, 0.1) is 0 Å². The molecule has 1 aromatic carbocycles. The maximum absolute atomic E-state index is 11.6. The van der Waals surface area contributed by atoms with Crippen LogP contribution < -0.4 is 5.32 Å². The molecule has 0 aromatic heterocycles. The standard InChI is InChI=1S/C16H24N2O2/c1-2-5-16(20)17-10-13-6-3-4-7-14(13)11-18-9-8-15(19)12-18/h3-4,6-7,15,19H,2,5,8-12H2,1H3,(H,17,20)/t15-/m1/s1. The number of likely N-dealkylation sites (tertiary alicyclic amines) is 1. The summed E-state index contributed by atoms with van der Waals surface area (Å²) in [6, 6.07) is 8.20. The van der Waals surface area contributed by atoms with Gasteiger partial charge < -0.3 is 10.4 Å². The zero-order chi connectivity index (χ0) is 14.4. The number of hydrogen-bond acceptors (Lipinski definition) is 3. The number of rotatable bonds is 6. The predicted molar refractivity (Wildman–Crippen MR) is 79.1 cm³/mol. The highest BCUT2D eigenvalue weighted by Gasteiger charge is 2.20. The fraction of sp³-hybridized carbons (Fsp3) is 0.562. The lowest BCUT2D eigenvalue weighted by Gasteiger charge is -2.18. The summed E-state index contributed by atoms with van der Waals surface area (Å²) in [6.07, 6.45) is 2.13. The Hall–Kier alpha value is -1.39. The van der Waals surface area contributed by atoms with E-state index in [0.29, 0.717) is 13.0 Å². The van der Waals surface area contributed by atoms with Gasteiger partial charge in [0.05, 0.1) is 6.10 Å². The molecule has 1 aliphatic heterocycles. The Bertz CT molecular complexity index is 448. The van der Waals surface area contributed by atoms with Gasteiger partial charge in [-0.15, -0.1) is 0 Å². The molecule has 0 aliphatic carbocycles. The molecule has 1 aromatic rings. The number of carbonyl (C=O) groups is 1. The van der Waals surface area contributed by atoms with Crippen molar-refractivity contribution in [3.63, 3.8) is 0 Å². The smallest absolute Gasteiger partial charge is 0.220 e. The molecule has 0 spiro atoms. The van der Waals surface area contributed by atoms with E-state index in [0.717, 1.165) is 32.5 Å². The number of aliphatic hydroxyl groups is 1. The van der Waals surface area contributed by atoms with E-state index < -0.39 is 0 Å². The van der Waals surface area contributed by atoms with Crippen molar-refractivity contribution in [2.45, 2.75) is 45.4 Å². The van der Waals surface area contributed by atoms with Crippen LogP contribution in [0.1, 0.15) is 37.3 Å². The first kappa shape index (κ1) is 15.0. The third-order valence-corrected chi connectivity index (χ3v) is 3.71. The molecule has 2 rings (SSSR count). The maximum atomic E-state index is 11.6. The van der Waals surface area contributed by atoms with Gasteiger partial charge in [-0.3, -0.25) is 9.69 Å². The molecule has 4 heteroatoms. The molecule has 1 saturated heterocycles. The molecule has 1 aliphatic rings. The molecule has 0 saturated carbocycles. The zero-order valence-corrected chi connectivity index (χ0v) is 12.1. The van der Waals surface area contributed by atoms with Crippen LogP contribution in [-0.4, -0.2) is 35.1 Å². The van der Waals surface area contributed by atoms with Gasteiger partial charge in [-0.05, 0) is 24.0 Å². The van der Waals surface area contributed by atoms with Crippen LogP contribution in [0.2, 0.25) is 0 Å². The number of amides is 1. The first-order chi connectivity index (χ1) is 9.69. The Morgan fingerprint density at radius 1 is 1.40 bits per heavy atom. The maximum Gasteiger partial charge on any atom is 0.220 e. The van der Waals surface area contributed by atoms with Crippen molar-refractivity contribution in [2.24, 2.45) is 0 Å². The van der Waals surface area contributed by atoms with Crippen molar-refractivity contribution in [3.05, 3.63) is 35.4 Å². The van der Waals surface area contributed by atoms with E-state index in [1.807, 2.05) is 19.1 Å². The lowest BCUT2D eigenvalue weighted by molar-refractivity contribution is -0.121. The van der Waals surface area contributed by atoms with Gasteiger partial charge in [-0.25, -0.2) is 0 Å². The van der Waals surface area contributed by atoms with Gasteiger partial charge in [-0.1, -0.05) is 31.2 Å². The van der Waals surface area contributed by atoms with E-state index in [-0.39, 0.29) is 12.0 Å². The number of nitrogens with one attached hydrogen (secondary N) is 1. The zero-order valence-electron chi connectivity index (χ0n) is 12.1. The average Bonchev–Trinajstić information content (AvgIpc) is 2.83. The number of nitrogens with zero attached hydrogens (tertiary/aromatic N) is 1. The normalized spacial score (nSPS) is 19.2. The van der Waals surface area contributed by atoms with Crippen LogP contribution in [0.3, 0.4) is 0 Å². The summed E-state index contributed by atoms with van der Waals surface area (Å²) in [6.45, 7) is 5.13. The quantitative estimate of drug-likeness (QED) is 0.831. The monoisotopic (exact) mass is 276 g/mol. The van der Waals surface area contributed by atoms with Gasteiger partial charge in [0.15, 0.2) is 0 Å². The molecular weight excluding hydrogens is 252 g/mol. The van der Waals surface area contributed by atoms with Gasteiger partial charge in [-0.2, -0.15) is 0 Å².